The molecule has 2 aromatic rings. The van der Waals surface area contributed by atoms with Crippen molar-refractivity contribution in [2.75, 3.05) is 6.54 Å². The van der Waals surface area contributed by atoms with E-state index in [0.29, 0.717) is 13.0 Å². The minimum atomic E-state index is -0.509. The number of halogens is 1. The van der Waals surface area contributed by atoms with E-state index in [1.54, 1.807) is 12.1 Å². The van der Waals surface area contributed by atoms with Crippen molar-refractivity contribution in [1.82, 2.24) is 10.3 Å². The highest BCUT2D eigenvalue weighted by atomic mass is 19.1. The van der Waals surface area contributed by atoms with Gasteiger partial charge >= 0.3 is 6.09 Å². The second-order valence-corrected chi connectivity index (χ2v) is 4.59. The summed E-state index contributed by atoms with van der Waals surface area (Å²) in [5, 5.41) is 2.65. The van der Waals surface area contributed by atoms with Gasteiger partial charge in [0.2, 0.25) is 5.95 Å². The third kappa shape index (κ3) is 5.75. The monoisotopic (exact) mass is 300 g/mol. The molecule has 5 heteroatoms. The molecule has 0 radical (unpaired) electrons. The summed E-state index contributed by atoms with van der Waals surface area (Å²) in [4.78, 5) is 15.0. The van der Waals surface area contributed by atoms with Crippen LogP contribution in [0.4, 0.5) is 9.18 Å². The molecule has 0 aliphatic carbocycles. The zero-order valence-electron chi connectivity index (χ0n) is 12.0. The molecule has 0 aliphatic heterocycles. The van der Waals surface area contributed by atoms with Crippen LogP contribution in [-0.2, 0) is 11.3 Å². The summed E-state index contributed by atoms with van der Waals surface area (Å²) in [6, 6.07) is 12.5. The van der Waals surface area contributed by atoms with Gasteiger partial charge in [0.1, 0.15) is 6.61 Å². The van der Waals surface area contributed by atoms with E-state index >= 15 is 0 Å². The highest BCUT2D eigenvalue weighted by Gasteiger charge is 2.00. The Kier molecular flexibility index (Phi) is 6.11. The van der Waals surface area contributed by atoms with Gasteiger partial charge in [-0.1, -0.05) is 42.5 Å². The average molecular weight is 300 g/mol. The Morgan fingerprint density at radius 3 is 2.86 bits per heavy atom. The first-order chi connectivity index (χ1) is 10.7. The number of hydrogen-bond donors (Lipinski definition) is 1. The summed E-state index contributed by atoms with van der Waals surface area (Å²) < 4.78 is 17.9. The Hall–Kier alpha value is -2.69. The molecule has 22 heavy (non-hydrogen) atoms. The molecule has 1 aromatic carbocycles. The maximum Gasteiger partial charge on any atom is 0.407 e. The summed E-state index contributed by atoms with van der Waals surface area (Å²) in [5.74, 6) is -0.509. The molecule has 1 N–H and O–H groups in total. The van der Waals surface area contributed by atoms with E-state index in [1.165, 1.54) is 12.3 Å². The van der Waals surface area contributed by atoms with Crippen molar-refractivity contribution in [1.29, 1.82) is 0 Å². The van der Waals surface area contributed by atoms with Crippen molar-refractivity contribution < 1.29 is 13.9 Å². The fourth-order valence-corrected chi connectivity index (χ4v) is 1.77. The van der Waals surface area contributed by atoms with Crippen molar-refractivity contribution in [3.63, 3.8) is 0 Å². The number of pyridine rings is 1. The number of benzene rings is 1. The highest BCUT2D eigenvalue weighted by Crippen LogP contribution is 2.03. The lowest BCUT2D eigenvalue weighted by atomic mass is 10.2. The summed E-state index contributed by atoms with van der Waals surface area (Å²) in [6.07, 6.45) is 5.22. The molecule has 4 nitrogen and oxygen atoms in total. The molecule has 1 aromatic heterocycles. The number of carbonyl (C=O) groups excluding carboxylic acids is 1. The molecule has 0 saturated heterocycles. The van der Waals surface area contributed by atoms with Gasteiger partial charge in [0.25, 0.3) is 0 Å². The second-order valence-electron chi connectivity index (χ2n) is 4.59. The van der Waals surface area contributed by atoms with Gasteiger partial charge in [-0.3, -0.25) is 0 Å². The fraction of sp³-hybridized carbons (Fsp3) is 0.176. The quantitative estimate of drug-likeness (QED) is 0.655. The predicted octanol–water partition coefficient (Wildman–Crippen LogP) is 3.55. The van der Waals surface area contributed by atoms with Gasteiger partial charge in [-0.2, -0.15) is 4.39 Å². The third-order valence-corrected chi connectivity index (χ3v) is 2.85. The molecule has 1 amide bonds. The third-order valence-electron chi connectivity index (χ3n) is 2.85. The number of nitrogens with one attached hydrogen (secondary N) is 1. The van der Waals surface area contributed by atoms with E-state index < -0.39 is 12.0 Å². The number of ether oxygens (including phenoxy) is 1. The number of aromatic nitrogens is 1. The van der Waals surface area contributed by atoms with Crippen LogP contribution in [0.2, 0.25) is 0 Å². The van der Waals surface area contributed by atoms with Crippen LogP contribution in [0, 0.1) is 5.95 Å². The summed E-state index contributed by atoms with van der Waals surface area (Å²) in [7, 11) is 0. The molecule has 0 spiro atoms. The molecule has 0 bridgehead atoms. The molecular formula is C17H17FN2O2. The lowest BCUT2D eigenvalue weighted by molar-refractivity contribution is 0.140. The maximum atomic E-state index is 12.9. The van der Waals surface area contributed by atoms with Crippen molar-refractivity contribution in [2.45, 2.75) is 13.0 Å². The molecule has 0 saturated carbocycles. The molecule has 0 aliphatic rings. The first kappa shape index (κ1) is 15.7. The highest BCUT2D eigenvalue weighted by molar-refractivity contribution is 5.67. The molecular weight excluding hydrogens is 283 g/mol. The SMILES string of the molecule is O=C(NCCC=Cc1ccnc(F)c1)OCc1ccccc1. The van der Waals surface area contributed by atoms with Gasteiger partial charge in [0.15, 0.2) is 0 Å². The first-order valence-corrected chi connectivity index (χ1v) is 6.97. The van der Waals surface area contributed by atoms with Crippen LogP contribution in [0.3, 0.4) is 0 Å². The Bertz CT molecular complexity index is 630. The van der Waals surface area contributed by atoms with Gasteiger partial charge in [0.05, 0.1) is 0 Å². The molecule has 114 valence electrons. The lowest BCUT2D eigenvalue weighted by Gasteiger charge is -2.05. The number of hydrogen-bond acceptors (Lipinski definition) is 3. The van der Waals surface area contributed by atoms with Crippen LogP contribution < -0.4 is 5.32 Å². The summed E-state index contributed by atoms with van der Waals surface area (Å²) in [5.41, 5.74) is 1.68. The van der Waals surface area contributed by atoms with Crippen molar-refractivity contribution >= 4 is 12.2 Å². The average Bonchev–Trinajstić information content (AvgIpc) is 2.54. The standard InChI is InChI=1S/C17H17FN2O2/c18-16-12-14(9-11-19-16)6-4-5-10-20-17(21)22-13-15-7-2-1-3-8-15/h1-4,6-9,11-12H,5,10,13H2,(H,20,21). The van der Waals surface area contributed by atoms with Gasteiger partial charge < -0.3 is 10.1 Å². The Morgan fingerprint density at radius 1 is 1.27 bits per heavy atom. The van der Waals surface area contributed by atoms with Crippen LogP contribution in [0.25, 0.3) is 6.08 Å². The number of rotatable bonds is 6. The second kappa shape index (κ2) is 8.56. The number of amides is 1. The van der Waals surface area contributed by atoms with E-state index in [4.69, 9.17) is 4.74 Å². The maximum absolute atomic E-state index is 12.9. The minimum absolute atomic E-state index is 0.249. The van der Waals surface area contributed by atoms with Crippen LogP contribution in [0.15, 0.2) is 54.7 Å². The molecule has 0 unspecified atom stereocenters. The number of carbonyl (C=O) groups is 1. The lowest BCUT2D eigenvalue weighted by Crippen LogP contribution is -2.24. The molecule has 1 heterocycles. The number of alkyl carbamates (subject to hydrolysis) is 1. The van der Waals surface area contributed by atoms with Crippen molar-refractivity contribution in [3.05, 3.63) is 71.8 Å². The van der Waals surface area contributed by atoms with E-state index in [0.717, 1.165) is 11.1 Å². The van der Waals surface area contributed by atoms with Crippen LogP contribution in [0.5, 0.6) is 0 Å². The molecule has 2 rings (SSSR count). The summed E-state index contributed by atoms with van der Waals surface area (Å²) in [6.45, 7) is 0.705. The first-order valence-electron chi connectivity index (χ1n) is 6.97. The van der Waals surface area contributed by atoms with Crippen LogP contribution in [0.1, 0.15) is 17.5 Å². The zero-order valence-corrected chi connectivity index (χ0v) is 12.0. The van der Waals surface area contributed by atoms with Crippen molar-refractivity contribution in [3.8, 4) is 0 Å². The Morgan fingerprint density at radius 2 is 2.09 bits per heavy atom. The van der Waals surface area contributed by atoms with E-state index in [2.05, 4.69) is 10.3 Å². The largest absolute Gasteiger partial charge is 0.445 e. The molecule has 0 atom stereocenters. The Balaban J connectivity index is 1.63. The topological polar surface area (TPSA) is 51.2 Å². The van der Waals surface area contributed by atoms with Gasteiger partial charge in [-0.05, 0) is 23.6 Å². The smallest absolute Gasteiger partial charge is 0.407 e. The Labute approximate surface area is 128 Å². The van der Waals surface area contributed by atoms with Gasteiger partial charge in [-0.25, -0.2) is 9.78 Å². The van der Waals surface area contributed by atoms with E-state index in [-0.39, 0.29) is 6.61 Å². The van der Waals surface area contributed by atoms with Crippen molar-refractivity contribution in [2.24, 2.45) is 0 Å². The van der Waals surface area contributed by atoms with E-state index in [1.807, 2.05) is 36.4 Å². The number of nitrogens with zero attached hydrogens (tertiary/aromatic N) is 1. The predicted molar refractivity (Wildman–Crippen MR) is 82.5 cm³/mol. The van der Waals surface area contributed by atoms with E-state index in [9.17, 15) is 9.18 Å². The minimum Gasteiger partial charge on any atom is -0.445 e. The van der Waals surface area contributed by atoms with Crippen LogP contribution >= 0.6 is 0 Å². The van der Waals surface area contributed by atoms with Gasteiger partial charge in [0, 0.05) is 18.8 Å². The fourth-order valence-electron chi connectivity index (χ4n) is 1.77. The van der Waals surface area contributed by atoms with Gasteiger partial charge in [-0.15, -0.1) is 0 Å². The van der Waals surface area contributed by atoms with Crippen LogP contribution in [-0.4, -0.2) is 17.6 Å². The molecule has 0 fully saturated rings. The summed E-state index contributed by atoms with van der Waals surface area (Å²) >= 11 is 0. The normalized spacial score (nSPS) is 10.6. The zero-order chi connectivity index (χ0) is 15.6.